The molecule has 0 heterocycles. The lowest BCUT2D eigenvalue weighted by molar-refractivity contribution is -0.138. The Kier molecular flexibility index (Phi) is 4.04. The summed E-state index contributed by atoms with van der Waals surface area (Å²) in [5, 5.41) is 2.75. The van der Waals surface area contributed by atoms with Crippen LogP contribution < -0.4 is 11.1 Å². The first-order valence-corrected chi connectivity index (χ1v) is 6.51. The molecule has 1 amide bonds. The van der Waals surface area contributed by atoms with Crippen molar-refractivity contribution in [2.75, 3.05) is 6.54 Å². The maximum Gasteiger partial charge on any atom is 0.416 e. The van der Waals surface area contributed by atoms with E-state index in [-0.39, 0.29) is 35.9 Å². The average molecular weight is 286 g/mol. The Morgan fingerprint density at radius 2 is 2.10 bits per heavy atom. The van der Waals surface area contributed by atoms with Crippen molar-refractivity contribution in [3.63, 3.8) is 0 Å². The van der Waals surface area contributed by atoms with E-state index in [1.165, 1.54) is 12.1 Å². The predicted molar refractivity (Wildman–Crippen MR) is 69.0 cm³/mol. The van der Waals surface area contributed by atoms with Crippen molar-refractivity contribution in [3.8, 4) is 0 Å². The van der Waals surface area contributed by atoms with Gasteiger partial charge in [0.05, 0.1) is 5.56 Å². The summed E-state index contributed by atoms with van der Waals surface area (Å²) in [4.78, 5) is 11.7. The van der Waals surface area contributed by atoms with Crippen molar-refractivity contribution >= 4 is 5.91 Å². The largest absolute Gasteiger partial charge is 0.416 e. The molecule has 20 heavy (non-hydrogen) atoms. The van der Waals surface area contributed by atoms with Crippen LogP contribution in [0.4, 0.5) is 13.2 Å². The molecular formula is C14H17F3N2O. The number of benzene rings is 1. The molecule has 3 N–H and O–H groups in total. The molecule has 1 fully saturated rings. The Labute approximate surface area is 115 Å². The van der Waals surface area contributed by atoms with Gasteiger partial charge >= 0.3 is 6.18 Å². The van der Waals surface area contributed by atoms with Gasteiger partial charge in [0.2, 0.25) is 5.91 Å². The Balaban J connectivity index is 2.08. The molecule has 1 aliphatic carbocycles. The molecule has 3 nitrogen and oxygen atoms in total. The SMILES string of the molecule is CC(CN)C(=O)NC1CC1c1ccccc1C(F)(F)F. The number of hydrogen-bond donors (Lipinski definition) is 2. The van der Waals surface area contributed by atoms with Crippen molar-refractivity contribution in [1.82, 2.24) is 5.32 Å². The third kappa shape index (κ3) is 3.12. The lowest BCUT2D eigenvalue weighted by Crippen LogP contribution is -2.35. The van der Waals surface area contributed by atoms with Crippen LogP contribution in [0.1, 0.15) is 30.4 Å². The van der Waals surface area contributed by atoms with E-state index in [0.717, 1.165) is 6.07 Å². The summed E-state index contributed by atoms with van der Waals surface area (Å²) in [6.07, 6.45) is -3.82. The second kappa shape index (κ2) is 5.44. The molecule has 0 aromatic heterocycles. The van der Waals surface area contributed by atoms with E-state index in [4.69, 9.17) is 5.73 Å². The zero-order valence-corrected chi connectivity index (χ0v) is 11.1. The Morgan fingerprint density at radius 3 is 2.70 bits per heavy atom. The lowest BCUT2D eigenvalue weighted by Gasteiger charge is -2.13. The van der Waals surface area contributed by atoms with E-state index < -0.39 is 11.7 Å². The molecule has 1 aromatic carbocycles. The minimum atomic E-state index is -4.36. The normalized spacial score (nSPS) is 23.2. The van der Waals surface area contributed by atoms with Gasteiger partial charge in [0.1, 0.15) is 0 Å². The first-order valence-electron chi connectivity index (χ1n) is 6.51. The molecule has 1 saturated carbocycles. The number of rotatable bonds is 4. The quantitative estimate of drug-likeness (QED) is 0.892. The molecule has 3 atom stereocenters. The zero-order chi connectivity index (χ0) is 14.9. The van der Waals surface area contributed by atoms with Crippen LogP contribution in [-0.2, 0) is 11.0 Å². The summed E-state index contributed by atoms with van der Waals surface area (Å²) in [6, 6.07) is 5.30. The highest BCUT2D eigenvalue weighted by atomic mass is 19.4. The lowest BCUT2D eigenvalue weighted by atomic mass is 10.0. The Morgan fingerprint density at radius 1 is 1.45 bits per heavy atom. The number of nitrogens with one attached hydrogen (secondary N) is 1. The number of nitrogens with two attached hydrogens (primary N) is 1. The van der Waals surface area contributed by atoms with Gasteiger partial charge in [-0.05, 0) is 18.1 Å². The first kappa shape index (κ1) is 14.8. The molecule has 2 rings (SSSR count). The van der Waals surface area contributed by atoms with Crippen LogP contribution >= 0.6 is 0 Å². The van der Waals surface area contributed by atoms with Crippen LogP contribution in [0.5, 0.6) is 0 Å². The van der Waals surface area contributed by atoms with E-state index in [2.05, 4.69) is 5.32 Å². The van der Waals surface area contributed by atoms with Gasteiger partial charge in [-0.15, -0.1) is 0 Å². The van der Waals surface area contributed by atoms with Crippen LogP contribution in [0, 0.1) is 5.92 Å². The standard InChI is InChI=1S/C14H17F3N2O/c1-8(7-18)13(20)19-12-6-10(12)9-4-2-3-5-11(9)14(15,16)17/h2-5,8,10,12H,6-7,18H2,1H3,(H,19,20). The smallest absolute Gasteiger partial charge is 0.352 e. The number of amides is 1. The summed E-state index contributed by atoms with van der Waals surface area (Å²) in [7, 11) is 0. The molecule has 0 saturated heterocycles. The fourth-order valence-electron chi connectivity index (χ4n) is 2.21. The average Bonchev–Trinajstić information content (AvgIpc) is 3.15. The van der Waals surface area contributed by atoms with E-state index in [1.54, 1.807) is 13.0 Å². The topological polar surface area (TPSA) is 55.1 Å². The maximum absolute atomic E-state index is 12.9. The van der Waals surface area contributed by atoms with Gasteiger partial charge < -0.3 is 11.1 Å². The molecule has 1 aliphatic rings. The minimum Gasteiger partial charge on any atom is -0.352 e. The van der Waals surface area contributed by atoms with Crippen LogP contribution in [0.2, 0.25) is 0 Å². The molecule has 3 unspecified atom stereocenters. The second-order valence-corrected chi connectivity index (χ2v) is 5.18. The molecule has 6 heteroatoms. The van der Waals surface area contributed by atoms with Gasteiger partial charge in [0, 0.05) is 24.4 Å². The third-order valence-corrected chi connectivity index (χ3v) is 3.58. The number of halogens is 3. The van der Waals surface area contributed by atoms with Crippen LogP contribution in [-0.4, -0.2) is 18.5 Å². The highest BCUT2D eigenvalue weighted by molar-refractivity contribution is 5.79. The van der Waals surface area contributed by atoms with Crippen molar-refractivity contribution in [3.05, 3.63) is 35.4 Å². The van der Waals surface area contributed by atoms with E-state index in [1.807, 2.05) is 0 Å². The predicted octanol–water partition coefficient (Wildman–Crippen LogP) is 2.27. The Hall–Kier alpha value is -1.56. The number of carbonyl (C=O) groups excluding carboxylic acids is 1. The molecule has 0 aliphatic heterocycles. The highest BCUT2D eigenvalue weighted by Gasteiger charge is 2.45. The second-order valence-electron chi connectivity index (χ2n) is 5.18. The number of alkyl halides is 3. The van der Waals surface area contributed by atoms with E-state index in [9.17, 15) is 18.0 Å². The molecule has 0 bridgehead atoms. The fourth-order valence-corrected chi connectivity index (χ4v) is 2.21. The zero-order valence-electron chi connectivity index (χ0n) is 11.1. The van der Waals surface area contributed by atoms with Gasteiger partial charge in [-0.3, -0.25) is 4.79 Å². The molecular weight excluding hydrogens is 269 g/mol. The maximum atomic E-state index is 12.9. The molecule has 1 aromatic rings. The fraction of sp³-hybridized carbons (Fsp3) is 0.500. The van der Waals surface area contributed by atoms with Gasteiger partial charge in [0.15, 0.2) is 0 Å². The Bertz CT molecular complexity index is 501. The first-order chi connectivity index (χ1) is 9.34. The van der Waals surface area contributed by atoms with Gasteiger partial charge in [-0.25, -0.2) is 0 Å². The van der Waals surface area contributed by atoms with Crippen molar-refractivity contribution in [1.29, 1.82) is 0 Å². The van der Waals surface area contributed by atoms with Crippen LogP contribution in [0.25, 0.3) is 0 Å². The van der Waals surface area contributed by atoms with Crippen molar-refractivity contribution < 1.29 is 18.0 Å². The summed E-state index contributed by atoms with van der Waals surface area (Å²) < 4.78 is 38.7. The monoisotopic (exact) mass is 286 g/mol. The number of carbonyl (C=O) groups is 1. The summed E-state index contributed by atoms with van der Waals surface area (Å²) >= 11 is 0. The van der Waals surface area contributed by atoms with Gasteiger partial charge in [0.25, 0.3) is 0 Å². The summed E-state index contributed by atoms with van der Waals surface area (Å²) in [6.45, 7) is 1.92. The van der Waals surface area contributed by atoms with Gasteiger partial charge in [-0.2, -0.15) is 13.2 Å². The van der Waals surface area contributed by atoms with Crippen LogP contribution in [0.15, 0.2) is 24.3 Å². The van der Waals surface area contributed by atoms with Gasteiger partial charge in [-0.1, -0.05) is 25.1 Å². The van der Waals surface area contributed by atoms with E-state index in [0.29, 0.717) is 6.42 Å². The molecule has 110 valence electrons. The summed E-state index contributed by atoms with van der Waals surface area (Å²) in [5.74, 6) is -0.791. The summed E-state index contributed by atoms with van der Waals surface area (Å²) in [5.41, 5.74) is 5.02. The van der Waals surface area contributed by atoms with Crippen molar-refractivity contribution in [2.24, 2.45) is 11.7 Å². The number of hydrogen-bond acceptors (Lipinski definition) is 2. The van der Waals surface area contributed by atoms with E-state index >= 15 is 0 Å². The van der Waals surface area contributed by atoms with Crippen molar-refractivity contribution in [2.45, 2.75) is 31.5 Å². The van der Waals surface area contributed by atoms with Crippen LogP contribution in [0.3, 0.4) is 0 Å². The molecule has 0 radical (unpaired) electrons. The highest BCUT2D eigenvalue weighted by Crippen LogP contribution is 2.46. The molecule has 0 spiro atoms. The third-order valence-electron chi connectivity index (χ3n) is 3.58. The minimum absolute atomic E-state index is 0.204.